The van der Waals surface area contributed by atoms with Crippen molar-refractivity contribution in [2.45, 2.75) is 13.2 Å². The molecule has 54 valence electrons. The average Bonchev–Trinajstić information content (AvgIpc) is 1.95. The maximum Gasteiger partial charge on any atom is 0.374 e. The van der Waals surface area contributed by atoms with Crippen molar-refractivity contribution in [2.75, 3.05) is 0 Å². The van der Waals surface area contributed by atoms with Gasteiger partial charge in [0.15, 0.2) is 0 Å². The second-order valence-corrected chi connectivity index (χ2v) is 3.03. The van der Waals surface area contributed by atoms with Crippen LogP contribution in [-0.2, 0) is 6.32 Å². The molecule has 0 spiro atoms. The van der Waals surface area contributed by atoms with E-state index >= 15 is 0 Å². The summed E-state index contributed by atoms with van der Waals surface area (Å²) < 4.78 is 0. The Hall–Kier alpha value is -1.12. The van der Waals surface area contributed by atoms with Crippen molar-refractivity contribution in [3.63, 3.8) is 0 Å². The highest BCUT2D eigenvalue weighted by molar-refractivity contribution is 6.75. The van der Waals surface area contributed by atoms with Gasteiger partial charge >= 0.3 is 6.85 Å². The largest absolute Gasteiger partial charge is 0.374 e. The summed E-state index contributed by atoms with van der Waals surface area (Å²) in [5, 5.41) is 3.01. The summed E-state index contributed by atoms with van der Waals surface area (Å²) in [4.78, 5) is 10.2. The van der Waals surface area contributed by atoms with Crippen LogP contribution in [0.1, 0.15) is 11.1 Å². The van der Waals surface area contributed by atoms with Crippen molar-refractivity contribution in [3.05, 3.63) is 34.2 Å². The third-order valence-electron chi connectivity index (χ3n) is 2.20. The number of hydrogen-bond acceptors (Lipinski definition) is 2. The maximum atomic E-state index is 10.2. The smallest absolute Gasteiger partial charge is 0.167 e. The first-order chi connectivity index (χ1) is 5.31. The highest BCUT2D eigenvalue weighted by atomic mass is 16.2. The summed E-state index contributed by atoms with van der Waals surface area (Å²) in [6, 6.07) is 6.15. The predicted molar refractivity (Wildman–Crippen MR) is 46.1 cm³/mol. The number of benzene rings is 1. The van der Waals surface area contributed by atoms with Crippen molar-refractivity contribution < 1.29 is 0 Å². The van der Waals surface area contributed by atoms with Gasteiger partial charge in [-0.05, 0) is 18.7 Å². The lowest BCUT2D eigenvalue weighted by Gasteiger charge is -2.20. The monoisotopic (exact) mass is 145 g/mol. The fourth-order valence-corrected chi connectivity index (χ4v) is 1.52. The average molecular weight is 145 g/mol. The zero-order valence-electron chi connectivity index (χ0n) is 6.37. The Morgan fingerprint density at radius 3 is 3.00 bits per heavy atom. The van der Waals surface area contributed by atoms with Crippen LogP contribution in [0.3, 0.4) is 0 Å². The van der Waals surface area contributed by atoms with Gasteiger partial charge in [-0.1, -0.05) is 29.3 Å². The second kappa shape index (κ2) is 2.19. The van der Waals surface area contributed by atoms with Gasteiger partial charge in [0.1, 0.15) is 0 Å². The molecule has 1 heterocycles. The number of nitrogens with zero attached hydrogens (tertiary/aromatic N) is 1. The third-order valence-corrected chi connectivity index (χ3v) is 2.20. The van der Waals surface area contributed by atoms with E-state index in [1.165, 1.54) is 11.1 Å². The number of fused-ring (bicyclic) bond motifs is 1. The Morgan fingerprint density at radius 2 is 2.36 bits per heavy atom. The van der Waals surface area contributed by atoms with E-state index in [0.717, 1.165) is 11.8 Å². The molecule has 0 radical (unpaired) electrons. The minimum absolute atomic E-state index is 0.0643. The molecule has 0 bridgehead atoms. The summed E-state index contributed by atoms with van der Waals surface area (Å²) in [7, 11) is 0. The van der Waals surface area contributed by atoms with E-state index in [2.05, 4.69) is 18.1 Å². The summed E-state index contributed by atoms with van der Waals surface area (Å²) >= 11 is 0. The zero-order chi connectivity index (χ0) is 7.84. The van der Waals surface area contributed by atoms with E-state index in [1.54, 1.807) is 0 Å². The van der Waals surface area contributed by atoms with Gasteiger partial charge in [-0.2, -0.15) is 4.91 Å². The van der Waals surface area contributed by atoms with Gasteiger partial charge < -0.3 is 0 Å². The molecule has 1 aromatic carbocycles. The molecule has 1 aliphatic heterocycles. The van der Waals surface area contributed by atoms with Gasteiger partial charge in [0, 0.05) is 0 Å². The molecule has 0 fully saturated rings. The van der Waals surface area contributed by atoms with E-state index in [1.807, 2.05) is 12.1 Å². The van der Waals surface area contributed by atoms with Gasteiger partial charge in [-0.15, -0.1) is 5.09 Å². The molecule has 0 amide bonds. The third kappa shape index (κ3) is 0.879. The Labute approximate surface area is 65.7 Å². The summed E-state index contributed by atoms with van der Waals surface area (Å²) in [6.07, 6.45) is 0.834. The molecule has 0 unspecified atom stereocenters. The van der Waals surface area contributed by atoms with Gasteiger partial charge in [0.25, 0.3) is 0 Å². The van der Waals surface area contributed by atoms with Crippen molar-refractivity contribution >= 4 is 12.3 Å². The summed E-state index contributed by atoms with van der Waals surface area (Å²) in [6.45, 7) is 1.99. The van der Waals surface area contributed by atoms with E-state index in [9.17, 15) is 4.91 Å². The lowest BCUT2D eigenvalue weighted by atomic mass is 9.42. The molecular formula is C8H8BNO. The normalized spacial score (nSPS) is 13.7. The van der Waals surface area contributed by atoms with Crippen LogP contribution in [0.5, 0.6) is 0 Å². The van der Waals surface area contributed by atoms with Crippen molar-refractivity contribution in [2.24, 2.45) is 5.09 Å². The Kier molecular flexibility index (Phi) is 1.31. The molecular weight excluding hydrogens is 137 g/mol. The van der Waals surface area contributed by atoms with Crippen LogP contribution in [0, 0.1) is 11.8 Å². The molecule has 0 N–H and O–H groups in total. The van der Waals surface area contributed by atoms with E-state index in [-0.39, 0.29) is 6.85 Å². The highest BCUT2D eigenvalue weighted by Crippen LogP contribution is 2.14. The summed E-state index contributed by atoms with van der Waals surface area (Å²) in [5.41, 5.74) is 3.66. The van der Waals surface area contributed by atoms with Gasteiger partial charge in [-0.3, -0.25) is 0 Å². The molecule has 0 aliphatic carbocycles. The lowest BCUT2D eigenvalue weighted by molar-refractivity contribution is 1.26. The van der Waals surface area contributed by atoms with E-state index in [0.29, 0.717) is 0 Å². The maximum absolute atomic E-state index is 10.2. The first-order valence-electron chi connectivity index (χ1n) is 3.73. The first kappa shape index (κ1) is 6.59. The van der Waals surface area contributed by atoms with E-state index < -0.39 is 0 Å². The molecule has 1 aromatic rings. The molecule has 0 aromatic heterocycles. The van der Waals surface area contributed by atoms with Gasteiger partial charge in [0.2, 0.25) is 0 Å². The van der Waals surface area contributed by atoms with Crippen LogP contribution < -0.4 is 5.46 Å². The molecule has 11 heavy (non-hydrogen) atoms. The number of hydrogen-bond donors (Lipinski definition) is 0. The SMILES string of the molecule is Cc1ccc2c(c1)CB2N=O. The molecule has 0 atom stereocenters. The minimum atomic E-state index is -0.0643. The molecule has 3 heteroatoms. The fraction of sp³-hybridized carbons (Fsp3) is 0.250. The zero-order valence-corrected chi connectivity index (χ0v) is 6.37. The van der Waals surface area contributed by atoms with Crippen LogP contribution >= 0.6 is 0 Å². The van der Waals surface area contributed by atoms with Crippen LogP contribution in [0.2, 0.25) is 0 Å². The van der Waals surface area contributed by atoms with Crippen LogP contribution in [0.25, 0.3) is 0 Å². The quantitative estimate of drug-likeness (QED) is 0.429. The number of nitroso groups, excluding NO2 is 1. The molecule has 2 rings (SSSR count). The summed E-state index contributed by atoms with van der Waals surface area (Å²) in [5.74, 6) is 0. The molecule has 0 saturated heterocycles. The Bertz CT molecular complexity index is 311. The van der Waals surface area contributed by atoms with Crippen LogP contribution in [0.4, 0.5) is 0 Å². The number of aryl methyl sites for hydroxylation is 1. The predicted octanol–water partition coefficient (Wildman–Crippen LogP) is 1.06. The Morgan fingerprint density at radius 1 is 1.55 bits per heavy atom. The van der Waals surface area contributed by atoms with E-state index in [4.69, 9.17) is 0 Å². The van der Waals surface area contributed by atoms with Crippen LogP contribution in [0.15, 0.2) is 23.3 Å². The van der Waals surface area contributed by atoms with Gasteiger partial charge in [-0.25, -0.2) is 0 Å². The van der Waals surface area contributed by atoms with Gasteiger partial charge in [0.05, 0.1) is 0 Å². The molecule has 2 nitrogen and oxygen atoms in total. The topological polar surface area (TPSA) is 29.4 Å². The van der Waals surface area contributed by atoms with Crippen molar-refractivity contribution in [1.82, 2.24) is 0 Å². The fourth-order valence-electron chi connectivity index (χ4n) is 1.52. The number of rotatable bonds is 1. The lowest BCUT2D eigenvalue weighted by Crippen LogP contribution is -2.44. The standard InChI is InChI=1S/C8H8BNO/c1-6-2-3-8-7(4-6)5-9(8)10-11/h2-4H,5H2,1H3. The highest BCUT2D eigenvalue weighted by Gasteiger charge is 2.31. The second-order valence-electron chi connectivity index (χ2n) is 3.03. The molecule has 1 aliphatic rings. The molecule has 0 saturated carbocycles. The van der Waals surface area contributed by atoms with Crippen molar-refractivity contribution in [3.8, 4) is 0 Å². The van der Waals surface area contributed by atoms with Crippen molar-refractivity contribution in [1.29, 1.82) is 0 Å². The first-order valence-corrected chi connectivity index (χ1v) is 3.73. The minimum Gasteiger partial charge on any atom is -0.167 e. The Balaban J connectivity index is 2.42. The van der Waals surface area contributed by atoms with Crippen LogP contribution in [-0.4, -0.2) is 6.85 Å².